The van der Waals surface area contributed by atoms with Gasteiger partial charge < -0.3 is 5.32 Å². The van der Waals surface area contributed by atoms with Gasteiger partial charge in [0.05, 0.1) is 6.54 Å². The molecule has 0 amide bonds. The van der Waals surface area contributed by atoms with E-state index in [0.29, 0.717) is 32.0 Å². The first-order chi connectivity index (χ1) is 7.68. The van der Waals surface area contributed by atoms with Gasteiger partial charge in [0.25, 0.3) is 10.2 Å². The van der Waals surface area contributed by atoms with E-state index in [2.05, 4.69) is 25.2 Å². The lowest BCUT2D eigenvalue weighted by Crippen LogP contribution is -2.50. The number of piperazine rings is 1. The van der Waals surface area contributed by atoms with Crippen molar-refractivity contribution in [1.82, 2.24) is 29.5 Å². The number of H-pyrrole nitrogens is 1. The van der Waals surface area contributed by atoms with Gasteiger partial charge in [-0.05, 0) is 0 Å². The molecule has 1 saturated heterocycles. The Balaban J connectivity index is 1.91. The maximum atomic E-state index is 11.8. The first-order valence-corrected chi connectivity index (χ1v) is 6.42. The number of hydrogen-bond donors (Lipinski definition) is 3. The summed E-state index contributed by atoms with van der Waals surface area (Å²) in [6.07, 6.45) is 1.34. The van der Waals surface area contributed by atoms with Crippen molar-refractivity contribution in [2.45, 2.75) is 6.54 Å². The average molecular weight is 246 g/mol. The molecule has 0 radical (unpaired) electrons. The number of hydrogen-bond acceptors (Lipinski definition) is 5. The molecule has 1 aliphatic heterocycles. The molecule has 0 atom stereocenters. The molecule has 2 rings (SSSR count). The van der Waals surface area contributed by atoms with Gasteiger partial charge in [0.2, 0.25) is 0 Å². The van der Waals surface area contributed by atoms with E-state index in [-0.39, 0.29) is 6.54 Å². The zero-order valence-corrected chi connectivity index (χ0v) is 9.50. The quantitative estimate of drug-likeness (QED) is 0.572. The highest BCUT2D eigenvalue weighted by Gasteiger charge is 2.23. The predicted molar refractivity (Wildman–Crippen MR) is 56.6 cm³/mol. The van der Waals surface area contributed by atoms with Gasteiger partial charge in [-0.1, -0.05) is 0 Å². The fraction of sp³-hybridized carbons (Fsp3) is 0.714. The largest absolute Gasteiger partial charge is 0.314 e. The molecule has 16 heavy (non-hydrogen) atoms. The minimum Gasteiger partial charge on any atom is -0.314 e. The van der Waals surface area contributed by atoms with E-state index in [1.165, 1.54) is 10.6 Å². The Morgan fingerprint density at radius 2 is 2.19 bits per heavy atom. The van der Waals surface area contributed by atoms with E-state index < -0.39 is 10.2 Å². The molecule has 0 spiro atoms. The van der Waals surface area contributed by atoms with E-state index in [0.717, 1.165) is 0 Å². The molecule has 1 aromatic rings. The molecule has 0 bridgehead atoms. The molecule has 1 fully saturated rings. The minimum atomic E-state index is -3.40. The Kier molecular flexibility index (Phi) is 3.49. The van der Waals surface area contributed by atoms with Gasteiger partial charge in [0, 0.05) is 26.2 Å². The fourth-order valence-corrected chi connectivity index (χ4v) is 2.62. The summed E-state index contributed by atoms with van der Waals surface area (Å²) in [6, 6.07) is 0. The Labute approximate surface area is 93.6 Å². The summed E-state index contributed by atoms with van der Waals surface area (Å²) in [5.74, 6) is 0.499. The van der Waals surface area contributed by atoms with Gasteiger partial charge >= 0.3 is 0 Å². The van der Waals surface area contributed by atoms with Gasteiger partial charge in [0.15, 0.2) is 0 Å². The summed E-state index contributed by atoms with van der Waals surface area (Å²) in [7, 11) is -3.40. The van der Waals surface area contributed by atoms with Crippen LogP contribution in [0.4, 0.5) is 0 Å². The van der Waals surface area contributed by atoms with Gasteiger partial charge in [0.1, 0.15) is 12.2 Å². The lowest BCUT2D eigenvalue weighted by Gasteiger charge is -2.26. The van der Waals surface area contributed by atoms with E-state index in [9.17, 15) is 8.42 Å². The van der Waals surface area contributed by atoms with Crippen LogP contribution in [0.5, 0.6) is 0 Å². The smallest absolute Gasteiger partial charge is 0.279 e. The van der Waals surface area contributed by atoms with Crippen molar-refractivity contribution in [2.24, 2.45) is 0 Å². The summed E-state index contributed by atoms with van der Waals surface area (Å²) in [4.78, 5) is 3.84. The summed E-state index contributed by atoms with van der Waals surface area (Å²) in [5.41, 5.74) is 0. The third-order valence-electron chi connectivity index (χ3n) is 2.30. The van der Waals surface area contributed by atoms with Crippen molar-refractivity contribution in [1.29, 1.82) is 0 Å². The zero-order chi connectivity index (χ0) is 11.4. The van der Waals surface area contributed by atoms with Crippen LogP contribution >= 0.6 is 0 Å². The van der Waals surface area contributed by atoms with Crippen LogP contribution in [0.25, 0.3) is 0 Å². The molecule has 9 heteroatoms. The Bertz CT molecular complexity index is 410. The highest BCUT2D eigenvalue weighted by atomic mass is 32.2. The monoisotopic (exact) mass is 246 g/mol. The van der Waals surface area contributed by atoms with E-state index in [1.807, 2.05) is 0 Å². The number of aromatic nitrogens is 3. The molecule has 2 heterocycles. The fourth-order valence-electron chi connectivity index (χ4n) is 1.45. The molecule has 0 aromatic carbocycles. The normalized spacial score (nSPS) is 18.8. The van der Waals surface area contributed by atoms with Gasteiger partial charge in [-0.2, -0.15) is 22.5 Å². The second-order valence-electron chi connectivity index (χ2n) is 3.41. The van der Waals surface area contributed by atoms with Crippen molar-refractivity contribution in [3.8, 4) is 0 Å². The Hall–Kier alpha value is -1.03. The molecule has 3 N–H and O–H groups in total. The lowest BCUT2D eigenvalue weighted by atomic mass is 10.4. The third kappa shape index (κ3) is 2.76. The van der Waals surface area contributed by atoms with Crippen LogP contribution in [0.1, 0.15) is 5.82 Å². The Morgan fingerprint density at radius 1 is 1.44 bits per heavy atom. The average Bonchev–Trinajstić information content (AvgIpc) is 2.81. The van der Waals surface area contributed by atoms with E-state index in [1.54, 1.807) is 0 Å². The zero-order valence-electron chi connectivity index (χ0n) is 8.68. The molecular formula is C7H14N6O2S. The number of rotatable bonds is 4. The number of aromatic amines is 1. The predicted octanol–water partition coefficient (Wildman–Crippen LogP) is -1.96. The first-order valence-electron chi connectivity index (χ1n) is 4.98. The lowest BCUT2D eigenvalue weighted by molar-refractivity contribution is 0.354. The molecule has 0 aliphatic carbocycles. The Morgan fingerprint density at radius 3 is 2.81 bits per heavy atom. The van der Waals surface area contributed by atoms with Crippen LogP contribution in [0.3, 0.4) is 0 Å². The van der Waals surface area contributed by atoms with Crippen LogP contribution in [0, 0.1) is 0 Å². The van der Waals surface area contributed by atoms with Crippen LogP contribution in [-0.2, 0) is 16.8 Å². The van der Waals surface area contributed by atoms with Crippen molar-refractivity contribution in [3.63, 3.8) is 0 Å². The van der Waals surface area contributed by atoms with Crippen LogP contribution < -0.4 is 10.0 Å². The first kappa shape index (κ1) is 11.5. The molecule has 90 valence electrons. The molecule has 1 aliphatic rings. The molecular weight excluding hydrogens is 232 g/mol. The number of nitrogens with zero attached hydrogens (tertiary/aromatic N) is 3. The van der Waals surface area contributed by atoms with Crippen molar-refractivity contribution < 1.29 is 8.42 Å². The second kappa shape index (κ2) is 4.87. The standard InChI is InChI=1S/C7H14N6O2S/c14-16(15,13-3-1-8-2-4-13)11-5-7-9-6-10-12-7/h6,8,11H,1-5H2,(H,9,10,12). The van der Waals surface area contributed by atoms with Crippen LogP contribution in [0.15, 0.2) is 6.33 Å². The molecule has 8 nitrogen and oxygen atoms in total. The third-order valence-corrected chi connectivity index (χ3v) is 3.86. The van der Waals surface area contributed by atoms with Gasteiger partial charge in [-0.3, -0.25) is 5.10 Å². The topological polar surface area (TPSA) is 103 Å². The summed E-state index contributed by atoms with van der Waals surface area (Å²) < 4.78 is 27.5. The van der Waals surface area contributed by atoms with E-state index in [4.69, 9.17) is 0 Å². The highest BCUT2D eigenvalue weighted by Crippen LogP contribution is 2.00. The SMILES string of the molecule is O=S(=O)(NCc1ncn[nH]1)N1CCNCC1. The van der Waals surface area contributed by atoms with Crippen molar-refractivity contribution in [3.05, 3.63) is 12.2 Å². The molecule has 0 unspecified atom stereocenters. The summed E-state index contributed by atoms with van der Waals surface area (Å²) in [6.45, 7) is 2.48. The second-order valence-corrected chi connectivity index (χ2v) is 5.16. The van der Waals surface area contributed by atoms with Gasteiger partial charge in [-0.15, -0.1) is 0 Å². The van der Waals surface area contributed by atoms with Gasteiger partial charge in [-0.25, -0.2) is 4.98 Å². The van der Waals surface area contributed by atoms with Crippen molar-refractivity contribution in [2.75, 3.05) is 26.2 Å². The summed E-state index contributed by atoms with van der Waals surface area (Å²) in [5, 5.41) is 9.33. The molecule has 0 saturated carbocycles. The highest BCUT2D eigenvalue weighted by molar-refractivity contribution is 7.87. The van der Waals surface area contributed by atoms with Crippen LogP contribution in [0.2, 0.25) is 0 Å². The number of nitrogens with one attached hydrogen (secondary N) is 3. The van der Waals surface area contributed by atoms with Crippen molar-refractivity contribution >= 4 is 10.2 Å². The maximum Gasteiger partial charge on any atom is 0.279 e. The maximum absolute atomic E-state index is 11.8. The van der Waals surface area contributed by atoms with E-state index >= 15 is 0 Å². The van der Waals surface area contributed by atoms with Crippen LogP contribution in [-0.4, -0.2) is 54.1 Å². The minimum absolute atomic E-state index is 0.131. The summed E-state index contributed by atoms with van der Waals surface area (Å²) >= 11 is 0. The molecule has 1 aromatic heterocycles.